The topological polar surface area (TPSA) is 49.6 Å². The van der Waals surface area contributed by atoms with E-state index in [2.05, 4.69) is 42.7 Å². The second kappa shape index (κ2) is 7.46. The van der Waals surface area contributed by atoms with E-state index in [1.165, 1.54) is 18.4 Å². The van der Waals surface area contributed by atoms with E-state index in [1.54, 1.807) is 0 Å². The van der Waals surface area contributed by atoms with Crippen LogP contribution in [0.1, 0.15) is 45.6 Å². The maximum absolute atomic E-state index is 13.1. The molecule has 3 rings (SSSR count). The molecule has 2 aliphatic rings. The minimum absolute atomic E-state index is 0.0743. The van der Waals surface area contributed by atoms with Gasteiger partial charge in [-0.2, -0.15) is 0 Å². The summed E-state index contributed by atoms with van der Waals surface area (Å²) in [7, 11) is 0. The number of carbonyl (C=O) groups excluding carboxylic acids is 1. The van der Waals surface area contributed by atoms with E-state index in [9.17, 15) is 4.79 Å². The molecule has 0 aromatic heterocycles. The van der Waals surface area contributed by atoms with Crippen LogP contribution in [0.3, 0.4) is 0 Å². The molecule has 25 heavy (non-hydrogen) atoms. The molecular weight excluding hydrogens is 310 g/mol. The highest BCUT2D eigenvalue weighted by Gasteiger charge is 2.37. The summed E-state index contributed by atoms with van der Waals surface area (Å²) < 4.78 is 0. The fourth-order valence-corrected chi connectivity index (χ4v) is 3.97. The van der Waals surface area contributed by atoms with E-state index < -0.39 is 0 Å². The summed E-state index contributed by atoms with van der Waals surface area (Å²) in [4.78, 5) is 17.5. The van der Waals surface area contributed by atoms with E-state index in [-0.39, 0.29) is 17.4 Å². The van der Waals surface area contributed by atoms with Gasteiger partial charge >= 0.3 is 0 Å². The van der Waals surface area contributed by atoms with Gasteiger partial charge in [0, 0.05) is 31.7 Å². The second-order valence-corrected chi connectivity index (χ2v) is 8.68. The highest BCUT2D eigenvalue weighted by Crippen LogP contribution is 2.36. The molecule has 2 fully saturated rings. The minimum Gasteiger partial charge on any atom is -0.334 e. The van der Waals surface area contributed by atoms with Crippen molar-refractivity contribution in [3.05, 3.63) is 35.9 Å². The Morgan fingerprint density at radius 1 is 1.28 bits per heavy atom. The van der Waals surface area contributed by atoms with E-state index in [0.29, 0.717) is 25.0 Å². The molecule has 1 aromatic rings. The van der Waals surface area contributed by atoms with Crippen molar-refractivity contribution in [2.75, 3.05) is 19.6 Å². The van der Waals surface area contributed by atoms with Crippen LogP contribution in [-0.2, 0) is 11.3 Å². The van der Waals surface area contributed by atoms with Crippen LogP contribution in [0.4, 0.5) is 0 Å². The fourth-order valence-electron chi connectivity index (χ4n) is 3.97. The Morgan fingerprint density at radius 3 is 2.56 bits per heavy atom. The second-order valence-electron chi connectivity index (χ2n) is 8.68. The van der Waals surface area contributed by atoms with Crippen LogP contribution >= 0.6 is 0 Å². The standard InChI is InChI=1S/C21H33N3O/c1-16(18-9-10-18)24(13-17-7-5-4-6-8-17)20(25)14-23-12-11-19(22)21(2,3)15-23/h4-8,16,18-19H,9-15,22H2,1-3H3. The van der Waals surface area contributed by atoms with Gasteiger partial charge in [0.25, 0.3) is 0 Å². The average Bonchev–Trinajstić information content (AvgIpc) is 3.41. The Labute approximate surface area is 152 Å². The number of nitrogens with zero attached hydrogens (tertiary/aromatic N) is 2. The number of nitrogens with two attached hydrogens (primary N) is 1. The molecule has 1 heterocycles. The number of amides is 1. The van der Waals surface area contributed by atoms with Gasteiger partial charge in [-0.15, -0.1) is 0 Å². The molecule has 2 atom stereocenters. The maximum atomic E-state index is 13.1. The molecule has 1 saturated carbocycles. The first-order valence-corrected chi connectivity index (χ1v) is 9.68. The number of carbonyl (C=O) groups is 1. The molecule has 2 N–H and O–H groups in total. The minimum atomic E-state index is 0.0743. The third-order valence-corrected chi connectivity index (χ3v) is 6.06. The number of hydrogen-bond donors (Lipinski definition) is 1. The Morgan fingerprint density at radius 2 is 1.96 bits per heavy atom. The Hall–Kier alpha value is -1.39. The molecule has 1 amide bonds. The molecule has 4 heteroatoms. The van der Waals surface area contributed by atoms with Crippen LogP contribution in [0.15, 0.2) is 30.3 Å². The first-order chi connectivity index (χ1) is 11.9. The smallest absolute Gasteiger partial charge is 0.237 e. The lowest BCUT2D eigenvalue weighted by atomic mass is 9.80. The van der Waals surface area contributed by atoms with E-state index in [0.717, 1.165) is 19.5 Å². The van der Waals surface area contributed by atoms with E-state index in [1.807, 2.05) is 18.2 Å². The predicted octanol–water partition coefficient (Wildman–Crippen LogP) is 2.87. The van der Waals surface area contributed by atoms with E-state index >= 15 is 0 Å². The molecular formula is C21H33N3O. The van der Waals surface area contributed by atoms with Crippen molar-refractivity contribution >= 4 is 5.91 Å². The van der Waals surface area contributed by atoms with Crippen molar-refractivity contribution in [1.82, 2.24) is 9.80 Å². The largest absolute Gasteiger partial charge is 0.334 e. The van der Waals surface area contributed by atoms with Crippen LogP contribution in [0.5, 0.6) is 0 Å². The molecule has 1 aliphatic carbocycles. The number of piperidine rings is 1. The van der Waals surface area contributed by atoms with Crippen molar-refractivity contribution < 1.29 is 4.79 Å². The van der Waals surface area contributed by atoms with Gasteiger partial charge in [0.1, 0.15) is 0 Å². The molecule has 1 aliphatic heterocycles. The van der Waals surface area contributed by atoms with Gasteiger partial charge in [-0.05, 0) is 43.1 Å². The maximum Gasteiger partial charge on any atom is 0.237 e. The van der Waals surface area contributed by atoms with Gasteiger partial charge in [0.2, 0.25) is 5.91 Å². The monoisotopic (exact) mass is 343 g/mol. The van der Waals surface area contributed by atoms with Crippen molar-refractivity contribution in [2.45, 2.75) is 58.7 Å². The van der Waals surface area contributed by atoms with Crippen molar-refractivity contribution in [2.24, 2.45) is 17.1 Å². The SMILES string of the molecule is CC(C1CC1)N(Cc1ccccc1)C(=O)CN1CCC(N)C(C)(C)C1. The summed E-state index contributed by atoms with van der Waals surface area (Å²) in [6, 6.07) is 10.9. The van der Waals surface area contributed by atoms with Gasteiger partial charge in [-0.1, -0.05) is 44.2 Å². The summed E-state index contributed by atoms with van der Waals surface area (Å²) >= 11 is 0. The summed E-state index contributed by atoms with van der Waals surface area (Å²) in [6.45, 7) is 9.69. The zero-order chi connectivity index (χ0) is 18.0. The number of rotatable bonds is 6. The summed E-state index contributed by atoms with van der Waals surface area (Å²) in [5, 5.41) is 0. The lowest BCUT2D eigenvalue weighted by Gasteiger charge is -2.43. The average molecular weight is 344 g/mol. The summed E-state index contributed by atoms with van der Waals surface area (Å²) in [5.74, 6) is 0.938. The molecule has 4 nitrogen and oxygen atoms in total. The van der Waals surface area contributed by atoms with Gasteiger partial charge in [0.15, 0.2) is 0 Å². The van der Waals surface area contributed by atoms with Gasteiger partial charge in [0.05, 0.1) is 6.54 Å². The molecule has 2 unspecified atom stereocenters. The van der Waals surface area contributed by atoms with Crippen LogP contribution in [0.25, 0.3) is 0 Å². The van der Waals surface area contributed by atoms with Crippen LogP contribution in [-0.4, -0.2) is 47.4 Å². The molecule has 0 bridgehead atoms. The predicted molar refractivity (Wildman–Crippen MR) is 102 cm³/mol. The Bertz CT molecular complexity index is 582. The normalized spacial score (nSPS) is 24.7. The molecule has 1 aromatic carbocycles. The zero-order valence-corrected chi connectivity index (χ0v) is 15.9. The Balaban J connectivity index is 1.66. The highest BCUT2D eigenvalue weighted by molar-refractivity contribution is 5.78. The fraction of sp³-hybridized carbons (Fsp3) is 0.667. The van der Waals surface area contributed by atoms with Gasteiger partial charge < -0.3 is 10.6 Å². The van der Waals surface area contributed by atoms with Crippen molar-refractivity contribution in [1.29, 1.82) is 0 Å². The van der Waals surface area contributed by atoms with Crippen LogP contribution < -0.4 is 5.73 Å². The Kier molecular flexibility index (Phi) is 5.49. The lowest BCUT2D eigenvalue weighted by Crippen LogP contribution is -2.55. The van der Waals surface area contributed by atoms with Gasteiger partial charge in [-0.3, -0.25) is 9.69 Å². The van der Waals surface area contributed by atoms with Crippen molar-refractivity contribution in [3.8, 4) is 0 Å². The van der Waals surface area contributed by atoms with Crippen LogP contribution in [0.2, 0.25) is 0 Å². The molecule has 1 saturated heterocycles. The molecule has 0 spiro atoms. The number of benzene rings is 1. The molecule has 138 valence electrons. The van der Waals surface area contributed by atoms with E-state index in [4.69, 9.17) is 5.73 Å². The summed E-state index contributed by atoms with van der Waals surface area (Å²) in [5.41, 5.74) is 7.53. The first kappa shape index (κ1) is 18.4. The summed E-state index contributed by atoms with van der Waals surface area (Å²) in [6.07, 6.45) is 3.48. The third kappa shape index (κ3) is 4.62. The van der Waals surface area contributed by atoms with Crippen LogP contribution in [0, 0.1) is 11.3 Å². The number of hydrogen-bond acceptors (Lipinski definition) is 3. The van der Waals surface area contributed by atoms with Crippen molar-refractivity contribution in [3.63, 3.8) is 0 Å². The zero-order valence-electron chi connectivity index (χ0n) is 15.9. The highest BCUT2D eigenvalue weighted by atomic mass is 16.2. The number of likely N-dealkylation sites (tertiary alicyclic amines) is 1. The van der Waals surface area contributed by atoms with Gasteiger partial charge in [-0.25, -0.2) is 0 Å². The molecule has 0 radical (unpaired) electrons. The quantitative estimate of drug-likeness (QED) is 0.864. The third-order valence-electron chi connectivity index (χ3n) is 6.06. The lowest BCUT2D eigenvalue weighted by molar-refractivity contribution is -0.136. The first-order valence-electron chi connectivity index (χ1n) is 9.68.